The van der Waals surface area contributed by atoms with Crippen LogP contribution in [-0.2, 0) is 4.79 Å². The Labute approximate surface area is 156 Å². The molecule has 0 aliphatic heterocycles. The lowest BCUT2D eigenvalue weighted by molar-refractivity contribution is -0.122. The highest BCUT2D eigenvalue weighted by molar-refractivity contribution is 7.99. The fraction of sp³-hybridized carbons (Fsp3) is 0.278. The van der Waals surface area contributed by atoms with E-state index in [0.29, 0.717) is 22.7 Å². The lowest BCUT2D eigenvalue weighted by Gasteiger charge is -2.12. The van der Waals surface area contributed by atoms with E-state index in [4.69, 9.17) is 9.47 Å². The van der Waals surface area contributed by atoms with Crippen molar-refractivity contribution >= 4 is 29.3 Å². The van der Waals surface area contributed by atoms with Gasteiger partial charge in [0.1, 0.15) is 0 Å². The van der Waals surface area contributed by atoms with Gasteiger partial charge in [-0.15, -0.1) is 11.8 Å². The molecule has 2 rings (SSSR count). The maximum Gasteiger partial charge on any atom is 0.257 e. The largest absolute Gasteiger partial charge is 0.493 e. The van der Waals surface area contributed by atoms with Gasteiger partial charge in [-0.1, -0.05) is 6.92 Å². The molecular weight excluding hydrogens is 354 g/mol. The number of thioether (sulfide) groups is 1. The third-order valence-corrected chi connectivity index (χ3v) is 4.18. The van der Waals surface area contributed by atoms with Crippen molar-refractivity contribution in [2.75, 3.05) is 31.8 Å². The second-order valence-corrected chi connectivity index (χ2v) is 6.38. The van der Waals surface area contributed by atoms with Gasteiger partial charge < -0.3 is 20.1 Å². The van der Waals surface area contributed by atoms with Gasteiger partial charge in [0.2, 0.25) is 0 Å². The number of carbonyl (C=O) groups excluding carboxylic acids is 2. The van der Waals surface area contributed by atoms with Gasteiger partial charge in [0.05, 0.1) is 24.0 Å². The number of methoxy groups -OCH3 is 1. The van der Waals surface area contributed by atoms with E-state index in [2.05, 4.69) is 22.5 Å². The molecule has 0 atom stereocenters. The first-order valence-electron chi connectivity index (χ1n) is 7.99. The smallest absolute Gasteiger partial charge is 0.257 e. The number of likely N-dealkylation sites (N-methyl/N-ethyl adjacent to an activating group) is 1. The average molecular weight is 375 g/mol. The van der Waals surface area contributed by atoms with E-state index in [9.17, 15) is 9.59 Å². The summed E-state index contributed by atoms with van der Waals surface area (Å²) >= 11 is 1.63. The van der Waals surface area contributed by atoms with Crippen molar-refractivity contribution in [3.8, 4) is 11.5 Å². The zero-order valence-electron chi connectivity index (χ0n) is 14.9. The van der Waals surface area contributed by atoms with Crippen LogP contribution in [0.1, 0.15) is 17.3 Å². The Kier molecular flexibility index (Phi) is 7.28. The van der Waals surface area contributed by atoms with Crippen LogP contribution in [0, 0.1) is 0 Å². The number of nitrogens with zero attached hydrogens (tertiary/aromatic N) is 1. The number of nitrogens with one attached hydrogen (secondary N) is 2. The molecule has 2 N–H and O–H groups in total. The van der Waals surface area contributed by atoms with E-state index in [1.165, 1.54) is 14.2 Å². The summed E-state index contributed by atoms with van der Waals surface area (Å²) in [6, 6.07) is 8.42. The fourth-order valence-corrected chi connectivity index (χ4v) is 2.62. The number of pyridine rings is 1. The summed E-state index contributed by atoms with van der Waals surface area (Å²) in [5.74, 6) is 1.14. The van der Waals surface area contributed by atoms with E-state index in [1.807, 2.05) is 6.07 Å². The molecule has 26 heavy (non-hydrogen) atoms. The van der Waals surface area contributed by atoms with Crippen molar-refractivity contribution in [2.45, 2.75) is 11.9 Å². The second kappa shape index (κ2) is 9.67. The summed E-state index contributed by atoms with van der Waals surface area (Å²) in [7, 11) is 3.00. The number of hydrogen-bond acceptors (Lipinski definition) is 6. The van der Waals surface area contributed by atoms with Crippen LogP contribution in [0.25, 0.3) is 0 Å². The lowest BCUT2D eigenvalue weighted by Crippen LogP contribution is -2.25. The van der Waals surface area contributed by atoms with Gasteiger partial charge in [0.15, 0.2) is 18.1 Å². The highest BCUT2D eigenvalue weighted by Gasteiger charge is 2.12. The van der Waals surface area contributed by atoms with Crippen LogP contribution in [0.15, 0.2) is 41.6 Å². The quantitative estimate of drug-likeness (QED) is 0.690. The van der Waals surface area contributed by atoms with Crippen molar-refractivity contribution in [3.63, 3.8) is 0 Å². The zero-order valence-corrected chi connectivity index (χ0v) is 15.7. The highest BCUT2D eigenvalue weighted by atomic mass is 32.2. The molecule has 0 unspecified atom stereocenters. The SMILES string of the molecule is CCSc1ccc(NC(=O)c2ccc(OCC(=O)NC)c(OC)c2)cn1. The Morgan fingerprint density at radius 2 is 2.00 bits per heavy atom. The maximum atomic E-state index is 12.4. The third-order valence-electron chi connectivity index (χ3n) is 3.35. The summed E-state index contributed by atoms with van der Waals surface area (Å²) in [6.45, 7) is 1.92. The summed E-state index contributed by atoms with van der Waals surface area (Å²) in [6.07, 6.45) is 1.62. The number of rotatable bonds is 8. The van der Waals surface area contributed by atoms with Gasteiger partial charge in [0.25, 0.3) is 11.8 Å². The minimum absolute atomic E-state index is 0.133. The van der Waals surface area contributed by atoms with Gasteiger partial charge >= 0.3 is 0 Å². The number of amides is 2. The third kappa shape index (κ3) is 5.38. The van der Waals surface area contributed by atoms with Crippen LogP contribution in [0.2, 0.25) is 0 Å². The van der Waals surface area contributed by atoms with Crippen LogP contribution in [0.3, 0.4) is 0 Å². The summed E-state index contributed by atoms with van der Waals surface area (Å²) in [5.41, 5.74) is 1.01. The van der Waals surface area contributed by atoms with Crippen molar-refractivity contribution in [2.24, 2.45) is 0 Å². The first-order valence-corrected chi connectivity index (χ1v) is 8.97. The van der Waals surface area contributed by atoms with E-state index >= 15 is 0 Å². The first-order chi connectivity index (χ1) is 12.6. The molecule has 0 radical (unpaired) electrons. The van der Waals surface area contributed by atoms with Crippen molar-refractivity contribution in [3.05, 3.63) is 42.1 Å². The topological polar surface area (TPSA) is 89.5 Å². The monoisotopic (exact) mass is 375 g/mol. The standard InChI is InChI=1S/C18H21N3O4S/c1-4-26-17-8-6-13(10-20-17)21-18(23)12-5-7-14(15(9-12)24-3)25-11-16(22)19-2/h5-10H,4,11H2,1-3H3,(H,19,22)(H,21,23). The molecule has 0 aliphatic rings. The van der Waals surface area contributed by atoms with Crippen molar-refractivity contribution in [1.29, 1.82) is 0 Å². The van der Waals surface area contributed by atoms with E-state index in [0.717, 1.165) is 10.8 Å². The first kappa shape index (κ1) is 19.6. The molecule has 0 aliphatic carbocycles. The molecule has 0 saturated heterocycles. The molecule has 0 saturated carbocycles. The molecule has 0 bridgehead atoms. The molecule has 1 aromatic heterocycles. The Morgan fingerprint density at radius 1 is 1.19 bits per heavy atom. The Balaban J connectivity index is 2.07. The van der Waals surface area contributed by atoms with E-state index in [1.54, 1.807) is 42.2 Å². The lowest BCUT2D eigenvalue weighted by atomic mass is 10.2. The molecule has 7 nitrogen and oxygen atoms in total. The average Bonchev–Trinajstić information content (AvgIpc) is 2.67. The number of aromatic nitrogens is 1. The molecule has 1 aromatic carbocycles. The van der Waals surface area contributed by atoms with Crippen LogP contribution in [-0.4, -0.2) is 43.3 Å². The van der Waals surface area contributed by atoms with Gasteiger partial charge in [-0.05, 0) is 36.1 Å². The molecule has 0 fully saturated rings. The Bertz CT molecular complexity index is 766. The van der Waals surface area contributed by atoms with Crippen LogP contribution in [0.4, 0.5) is 5.69 Å². The van der Waals surface area contributed by atoms with E-state index < -0.39 is 0 Å². The summed E-state index contributed by atoms with van der Waals surface area (Å²) < 4.78 is 10.6. The summed E-state index contributed by atoms with van der Waals surface area (Å²) in [4.78, 5) is 28.0. The number of benzene rings is 1. The molecule has 2 aromatic rings. The molecule has 8 heteroatoms. The van der Waals surface area contributed by atoms with Gasteiger partial charge in [-0.3, -0.25) is 9.59 Å². The minimum Gasteiger partial charge on any atom is -0.493 e. The normalized spacial score (nSPS) is 10.1. The van der Waals surface area contributed by atoms with Crippen molar-refractivity contribution < 1.29 is 19.1 Å². The highest BCUT2D eigenvalue weighted by Crippen LogP contribution is 2.28. The van der Waals surface area contributed by atoms with Gasteiger partial charge in [0, 0.05) is 12.6 Å². The van der Waals surface area contributed by atoms with Gasteiger partial charge in [-0.2, -0.15) is 0 Å². The van der Waals surface area contributed by atoms with Gasteiger partial charge in [-0.25, -0.2) is 4.98 Å². The molecule has 138 valence electrons. The number of hydrogen-bond donors (Lipinski definition) is 2. The number of anilines is 1. The number of carbonyl (C=O) groups is 2. The molecule has 2 amide bonds. The fourth-order valence-electron chi connectivity index (χ4n) is 2.03. The number of ether oxygens (including phenoxy) is 2. The predicted molar refractivity (Wildman–Crippen MR) is 101 cm³/mol. The molecule has 0 spiro atoms. The second-order valence-electron chi connectivity index (χ2n) is 5.10. The van der Waals surface area contributed by atoms with Crippen molar-refractivity contribution in [1.82, 2.24) is 10.3 Å². The Hall–Kier alpha value is -2.74. The van der Waals surface area contributed by atoms with Crippen LogP contribution >= 0.6 is 11.8 Å². The zero-order chi connectivity index (χ0) is 18.9. The maximum absolute atomic E-state index is 12.4. The Morgan fingerprint density at radius 3 is 2.62 bits per heavy atom. The summed E-state index contributed by atoms with van der Waals surface area (Å²) in [5, 5.41) is 6.16. The van der Waals surface area contributed by atoms with E-state index in [-0.39, 0.29) is 18.4 Å². The predicted octanol–water partition coefficient (Wildman–Crippen LogP) is 2.58. The minimum atomic E-state index is -0.293. The molecule has 1 heterocycles. The van der Waals surface area contributed by atoms with Crippen LogP contribution < -0.4 is 20.1 Å². The van der Waals surface area contributed by atoms with Crippen LogP contribution in [0.5, 0.6) is 11.5 Å². The molecular formula is C18H21N3O4S.